The van der Waals surface area contributed by atoms with Crippen LogP contribution in [0.1, 0.15) is 11.1 Å². The molecule has 0 aromatic heterocycles. The first kappa shape index (κ1) is 15.9. The van der Waals surface area contributed by atoms with Gasteiger partial charge in [-0.1, -0.05) is 30.3 Å². The smallest absolute Gasteiger partial charge is 0.258 e. The van der Waals surface area contributed by atoms with E-state index < -0.39 is 0 Å². The van der Waals surface area contributed by atoms with Crippen molar-refractivity contribution in [3.63, 3.8) is 0 Å². The van der Waals surface area contributed by atoms with Gasteiger partial charge in [-0.25, -0.2) is 0 Å². The summed E-state index contributed by atoms with van der Waals surface area (Å²) in [6.07, 6.45) is 0. The molecule has 0 atom stereocenters. The van der Waals surface area contributed by atoms with Crippen LogP contribution in [-0.4, -0.2) is 25.7 Å². The number of amides is 1. The van der Waals surface area contributed by atoms with Crippen LogP contribution in [0.4, 0.5) is 0 Å². The third-order valence-corrected chi connectivity index (χ3v) is 3.13. The summed E-state index contributed by atoms with van der Waals surface area (Å²) in [5.74, 6) is 1.38. The van der Waals surface area contributed by atoms with Crippen molar-refractivity contribution in [3.05, 3.63) is 59.7 Å². The second-order valence-corrected chi connectivity index (χ2v) is 5.07. The van der Waals surface area contributed by atoms with E-state index in [1.807, 2.05) is 62.4 Å². The van der Waals surface area contributed by atoms with Crippen molar-refractivity contribution in [1.29, 1.82) is 0 Å². The van der Waals surface area contributed by atoms with Crippen LogP contribution in [-0.2, 0) is 4.79 Å². The molecule has 2 aromatic rings. The average molecular weight is 299 g/mol. The number of hydrogen-bond acceptors (Lipinski definition) is 3. The highest BCUT2D eigenvalue weighted by Gasteiger charge is 2.04. The van der Waals surface area contributed by atoms with Gasteiger partial charge in [-0.15, -0.1) is 0 Å². The van der Waals surface area contributed by atoms with Gasteiger partial charge in [-0.05, 0) is 43.2 Å². The Morgan fingerprint density at radius 3 is 2.64 bits per heavy atom. The summed E-state index contributed by atoms with van der Waals surface area (Å²) in [4.78, 5) is 11.7. The van der Waals surface area contributed by atoms with E-state index in [-0.39, 0.29) is 12.5 Å². The van der Waals surface area contributed by atoms with Gasteiger partial charge in [-0.3, -0.25) is 4.79 Å². The lowest BCUT2D eigenvalue weighted by Crippen LogP contribution is -2.32. The van der Waals surface area contributed by atoms with Crippen molar-refractivity contribution in [2.45, 2.75) is 13.8 Å². The molecule has 0 fully saturated rings. The van der Waals surface area contributed by atoms with E-state index in [4.69, 9.17) is 9.47 Å². The maximum atomic E-state index is 11.7. The summed E-state index contributed by atoms with van der Waals surface area (Å²) in [6, 6.07) is 15.4. The molecule has 0 unspecified atom stereocenters. The molecule has 2 aromatic carbocycles. The first-order chi connectivity index (χ1) is 10.6. The van der Waals surface area contributed by atoms with Crippen molar-refractivity contribution in [2.75, 3.05) is 19.8 Å². The summed E-state index contributed by atoms with van der Waals surface area (Å²) in [5.41, 5.74) is 2.16. The molecule has 0 bridgehead atoms. The van der Waals surface area contributed by atoms with E-state index in [0.29, 0.717) is 13.2 Å². The third-order valence-electron chi connectivity index (χ3n) is 3.13. The lowest BCUT2D eigenvalue weighted by molar-refractivity contribution is -0.123. The molecule has 0 aliphatic carbocycles. The molecule has 0 aliphatic rings. The Balaban J connectivity index is 1.65. The first-order valence-electron chi connectivity index (χ1n) is 7.30. The van der Waals surface area contributed by atoms with Gasteiger partial charge < -0.3 is 14.8 Å². The van der Waals surface area contributed by atoms with Crippen LogP contribution in [0.5, 0.6) is 11.5 Å². The highest BCUT2D eigenvalue weighted by Crippen LogP contribution is 2.15. The number of carbonyl (C=O) groups excluding carboxylic acids is 1. The lowest BCUT2D eigenvalue weighted by atomic mass is 10.2. The molecule has 0 saturated carbocycles. The van der Waals surface area contributed by atoms with Crippen LogP contribution in [0.15, 0.2) is 48.5 Å². The van der Waals surface area contributed by atoms with Gasteiger partial charge in [0.2, 0.25) is 0 Å². The van der Waals surface area contributed by atoms with Crippen molar-refractivity contribution in [2.24, 2.45) is 0 Å². The predicted molar refractivity (Wildman–Crippen MR) is 86.4 cm³/mol. The summed E-state index contributed by atoms with van der Waals surface area (Å²) in [5, 5.41) is 2.77. The first-order valence-corrected chi connectivity index (χ1v) is 7.30. The van der Waals surface area contributed by atoms with E-state index in [2.05, 4.69) is 5.32 Å². The summed E-state index contributed by atoms with van der Waals surface area (Å²) >= 11 is 0. The molecule has 0 aliphatic heterocycles. The fourth-order valence-electron chi connectivity index (χ4n) is 1.98. The minimum absolute atomic E-state index is 0.00922. The zero-order chi connectivity index (χ0) is 15.8. The highest BCUT2D eigenvalue weighted by molar-refractivity contribution is 5.77. The van der Waals surface area contributed by atoms with Gasteiger partial charge in [0, 0.05) is 0 Å². The van der Waals surface area contributed by atoms with Crippen molar-refractivity contribution >= 4 is 5.91 Å². The quantitative estimate of drug-likeness (QED) is 0.800. The number of carbonyl (C=O) groups is 1. The molecule has 0 spiro atoms. The normalized spacial score (nSPS) is 10.1. The maximum Gasteiger partial charge on any atom is 0.258 e. The van der Waals surface area contributed by atoms with Gasteiger partial charge in [0.05, 0.1) is 6.54 Å². The largest absolute Gasteiger partial charge is 0.492 e. The molecule has 22 heavy (non-hydrogen) atoms. The summed E-state index contributed by atoms with van der Waals surface area (Å²) in [6.45, 7) is 4.85. The van der Waals surface area contributed by atoms with Crippen molar-refractivity contribution < 1.29 is 14.3 Å². The standard InChI is InChI=1S/C18H21NO3/c1-14-6-5-8-16(12-14)21-11-10-19-18(20)13-22-17-9-4-3-7-15(17)2/h3-9,12H,10-11,13H2,1-2H3,(H,19,20). The molecule has 116 valence electrons. The highest BCUT2D eigenvalue weighted by atomic mass is 16.5. The zero-order valence-electron chi connectivity index (χ0n) is 13.0. The minimum atomic E-state index is -0.156. The number of ether oxygens (including phenoxy) is 2. The van der Waals surface area contributed by atoms with Crippen LogP contribution in [0.3, 0.4) is 0 Å². The number of hydrogen-bond donors (Lipinski definition) is 1. The number of rotatable bonds is 7. The average Bonchev–Trinajstić information content (AvgIpc) is 2.51. The van der Waals surface area contributed by atoms with E-state index in [1.165, 1.54) is 0 Å². The fourth-order valence-corrected chi connectivity index (χ4v) is 1.98. The molecule has 0 heterocycles. The van der Waals surface area contributed by atoms with Crippen LogP contribution in [0.25, 0.3) is 0 Å². The molecular formula is C18H21NO3. The Bertz CT molecular complexity index is 625. The number of aryl methyl sites for hydroxylation is 2. The van der Waals surface area contributed by atoms with Crippen molar-refractivity contribution in [3.8, 4) is 11.5 Å². The topological polar surface area (TPSA) is 47.6 Å². The zero-order valence-corrected chi connectivity index (χ0v) is 13.0. The third kappa shape index (κ3) is 5.13. The molecule has 2 rings (SSSR count). The maximum absolute atomic E-state index is 11.7. The molecule has 0 saturated heterocycles. The Kier molecular flexibility index (Phi) is 5.83. The second-order valence-electron chi connectivity index (χ2n) is 5.07. The van der Waals surface area contributed by atoms with E-state index in [9.17, 15) is 4.79 Å². The van der Waals surface area contributed by atoms with Gasteiger partial charge in [0.1, 0.15) is 18.1 Å². The van der Waals surface area contributed by atoms with Crippen LogP contribution < -0.4 is 14.8 Å². The Labute approximate surface area is 131 Å². The SMILES string of the molecule is Cc1cccc(OCCNC(=O)COc2ccccc2C)c1. The monoisotopic (exact) mass is 299 g/mol. The molecule has 0 radical (unpaired) electrons. The summed E-state index contributed by atoms with van der Waals surface area (Å²) < 4.78 is 11.0. The number of para-hydroxylation sites is 1. The van der Waals surface area contributed by atoms with Gasteiger partial charge >= 0.3 is 0 Å². The summed E-state index contributed by atoms with van der Waals surface area (Å²) in [7, 11) is 0. The second kappa shape index (κ2) is 8.08. The van der Waals surface area contributed by atoms with Crippen molar-refractivity contribution in [1.82, 2.24) is 5.32 Å². The fraction of sp³-hybridized carbons (Fsp3) is 0.278. The van der Waals surface area contributed by atoms with Gasteiger partial charge in [0.15, 0.2) is 6.61 Å². The predicted octanol–water partition coefficient (Wildman–Crippen LogP) is 2.88. The number of nitrogens with one attached hydrogen (secondary N) is 1. The van der Waals surface area contributed by atoms with Crippen LogP contribution in [0.2, 0.25) is 0 Å². The van der Waals surface area contributed by atoms with Gasteiger partial charge in [0.25, 0.3) is 5.91 Å². The Morgan fingerprint density at radius 2 is 1.86 bits per heavy atom. The molecule has 4 nitrogen and oxygen atoms in total. The number of benzene rings is 2. The van der Waals surface area contributed by atoms with Gasteiger partial charge in [-0.2, -0.15) is 0 Å². The Hall–Kier alpha value is -2.49. The van der Waals surface area contributed by atoms with E-state index in [0.717, 1.165) is 22.6 Å². The molecule has 1 N–H and O–H groups in total. The molecule has 4 heteroatoms. The molecule has 1 amide bonds. The van der Waals surface area contributed by atoms with E-state index >= 15 is 0 Å². The Morgan fingerprint density at radius 1 is 1.05 bits per heavy atom. The minimum Gasteiger partial charge on any atom is -0.492 e. The lowest BCUT2D eigenvalue weighted by Gasteiger charge is -2.10. The van der Waals surface area contributed by atoms with Crippen LogP contribution in [0, 0.1) is 13.8 Å². The molecular weight excluding hydrogens is 278 g/mol. The van der Waals surface area contributed by atoms with E-state index in [1.54, 1.807) is 0 Å². The van der Waals surface area contributed by atoms with Crippen LogP contribution >= 0.6 is 0 Å².